The minimum absolute atomic E-state index is 0.0368. The molecule has 0 spiro atoms. The van der Waals surface area contributed by atoms with Crippen molar-refractivity contribution in [2.24, 2.45) is 5.92 Å². The molecule has 152 valence electrons. The number of nitrogens with zero attached hydrogens (tertiary/aromatic N) is 2. The highest BCUT2D eigenvalue weighted by molar-refractivity contribution is 5.89. The molecule has 5 heteroatoms. The number of carbonyl (C=O) groups is 2. The third kappa shape index (κ3) is 4.03. The molecule has 0 N–H and O–H groups in total. The van der Waals surface area contributed by atoms with Gasteiger partial charge in [-0.1, -0.05) is 12.8 Å². The zero-order valence-corrected chi connectivity index (χ0v) is 17.2. The predicted octanol–water partition coefficient (Wildman–Crippen LogP) is 4.18. The lowest BCUT2D eigenvalue weighted by Crippen LogP contribution is -2.50. The zero-order chi connectivity index (χ0) is 19.7. The lowest BCUT2D eigenvalue weighted by atomic mass is 9.78. The molecule has 4 rings (SSSR count). The molecule has 2 atom stereocenters. The number of hydrogen-bond donors (Lipinski definition) is 0. The molecule has 0 unspecified atom stereocenters. The van der Waals surface area contributed by atoms with Crippen LogP contribution in [0.3, 0.4) is 0 Å². The molecular formula is C23H32N2O3. The highest BCUT2D eigenvalue weighted by atomic mass is 16.5. The zero-order valence-electron chi connectivity index (χ0n) is 17.2. The summed E-state index contributed by atoms with van der Waals surface area (Å²) in [5, 5.41) is 0. The van der Waals surface area contributed by atoms with Crippen LogP contribution in [0.2, 0.25) is 0 Å². The van der Waals surface area contributed by atoms with Gasteiger partial charge < -0.3 is 14.2 Å². The van der Waals surface area contributed by atoms with Gasteiger partial charge in [-0.3, -0.25) is 4.79 Å². The Morgan fingerprint density at radius 3 is 2.64 bits per heavy atom. The van der Waals surface area contributed by atoms with Crippen LogP contribution >= 0.6 is 0 Å². The van der Waals surface area contributed by atoms with E-state index in [0.29, 0.717) is 18.0 Å². The van der Waals surface area contributed by atoms with Gasteiger partial charge in [0.1, 0.15) is 0 Å². The van der Waals surface area contributed by atoms with E-state index in [1.807, 2.05) is 11.0 Å². The topological polar surface area (TPSA) is 51.5 Å². The van der Waals surface area contributed by atoms with Crippen LogP contribution in [0.5, 0.6) is 0 Å². The number of fused-ring (bicyclic) bond motifs is 1. The molecule has 2 saturated carbocycles. The minimum Gasteiger partial charge on any atom is -0.452 e. The van der Waals surface area contributed by atoms with Crippen molar-refractivity contribution in [3.63, 3.8) is 0 Å². The van der Waals surface area contributed by atoms with E-state index in [0.717, 1.165) is 24.9 Å². The molecule has 1 saturated heterocycles. The summed E-state index contributed by atoms with van der Waals surface area (Å²) in [5.74, 6) is 0.163. The maximum atomic E-state index is 12.6. The Hall–Kier alpha value is -2.04. The van der Waals surface area contributed by atoms with Crippen molar-refractivity contribution >= 4 is 18.0 Å². The summed E-state index contributed by atoms with van der Waals surface area (Å²) < 4.78 is 7.62. The van der Waals surface area contributed by atoms with Crippen molar-refractivity contribution in [1.82, 2.24) is 9.47 Å². The summed E-state index contributed by atoms with van der Waals surface area (Å²) >= 11 is 0. The van der Waals surface area contributed by atoms with Gasteiger partial charge in [0.05, 0.1) is 0 Å². The minimum atomic E-state index is -0.443. The van der Waals surface area contributed by atoms with Gasteiger partial charge in [0.2, 0.25) is 0 Å². The maximum absolute atomic E-state index is 12.6. The Labute approximate surface area is 167 Å². The van der Waals surface area contributed by atoms with Crippen molar-refractivity contribution in [2.75, 3.05) is 13.2 Å². The number of ether oxygens (including phenoxy) is 1. The van der Waals surface area contributed by atoms with Gasteiger partial charge in [0.15, 0.2) is 6.61 Å². The molecular weight excluding hydrogens is 352 g/mol. The van der Waals surface area contributed by atoms with Crippen molar-refractivity contribution in [2.45, 2.75) is 77.3 Å². The smallest absolute Gasteiger partial charge is 0.331 e. The van der Waals surface area contributed by atoms with Crippen LogP contribution in [0.4, 0.5) is 0 Å². The molecule has 3 aliphatic rings. The number of carbonyl (C=O) groups excluding carboxylic acids is 2. The number of amides is 1. The fourth-order valence-corrected chi connectivity index (χ4v) is 5.22. The molecule has 2 aliphatic carbocycles. The number of rotatable bonds is 5. The number of esters is 1. The molecule has 0 aromatic carbocycles. The van der Waals surface area contributed by atoms with E-state index in [1.165, 1.54) is 56.0 Å². The van der Waals surface area contributed by atoms with Gasteiger partial charge >= 0.3 is 5.97 Å². The second-order valence-corrected chi connectivity index (χ2v) is 8.71. The van der Waals surface area contributed by atoms with Gasteiger partial charge in [-0.2, -0.15) is 0 Å². The standard InChI is InChI=1S/C23H32N2O3/c1-16-14-19(17(2)25(16)20-10-11-20)9-12-23(27)28-15-22(26)24-13-5-7-18-6-3-4-8-21(18)24/h9,12,14,18,20-21H,3-8,10-11,13,15H2,1-2H3/b12-9+/t18-,21-/m0/s1. The summed E-state index contributed by atoms with van der Waals surface area (Å²) in [7, 11) is 0. The monoisotopic (exact) mass is 384 g/mol. The molecule has 0 radical (unpaired) electrons. The fourth-order valence-electron chi connectivity index (χ4n) is 5.22. The molecule has 0 bridgehead atoms. The van der Waals surface area contributed by atoms with Crippen molar-refractivity contribution < 1.29 is 14.3 Å². The number of aryl methyl sites for hydroxylation is 1. The Bertz CT molecular complexity index is 773. The van der Waals surface area contributed by atoms with E-state index < -0.39 is 5.97 Å². The van der Waals surface area contributed by atoms with Crippen LogP contribution < -0.4 is 0 Å². The second kappa shape index (κ2) is 8.14. The molecule has 1 aliphatic heterocycles. The summed E-state index contributed by atoms with van der Waals surface area (Å²) in [6, 6.07) is 3.09. The second-order valence-electron chi connectivity index (χ2n) is 8.71. The van der Waals surface area contributed by atoms with E-state index in [1.54, 1.807) is 0 Å². The van der Waals surface area contributed by atoms with Gasteiger partial charge in [0.25, 0.3) is 5.91 Å². The first-order valence-corrected chi connectivity index (χ1v) is 10.9. The van der Waals surface area contributed by atoms with Crippen LogP contribution in [0.25, 0.3) is 6.08 Å². The summed E-state index contributed by atoms with van der Waals surface area (Å²) in [6.07, 6.45) is 12.9. The lowest BCUT2D eigenvalue weighted by Gasteiger charge is -2.44. The van der Waals surface area contributed by atoms with Gasteiger partial charge in [-0.05, 0) is 76.0 Å². The number of aromatic nitrogens is 1. The van der Waals surface area contributed by atoms with Gasteiger partial charge in [-0.15, -0.1) is 0 Å². The first-order valence-electron chi connectivity index (χ1n) is 10.9. The van der Waals surface area contributed by atoms with Crippen LogP contribution in [0.15, 0.2) is 12.1 Å². The lowest BCUT2D eigenvalue weighted by molar-refractivity contribution is -0.151. The molecule has 3 fully saturated rings. The highest BCUT2D eigenvalue weighted by Crippen LogP contribution is 2.38. The SMILES string of the molecule is Cc1cc(/C=C/C(=O)OCC(=O)N2CCC[C@@H]3CCCC[C@@H]32)c(C)n1C1CC1. The van der Waals surface area contributed by atoms with Crippen molar-refractivity contribution in [3.8, 4) is 0 Å². The first-order chi connectivity index (χ1) is 13.5. The number of piperidine rings is 1. The molecule has 2 heterocycles. The van der Waals surface area contributed by atoms with Crippen molar-refractivity contribution in [1.29, 1.82) is 0 Å². The average molecular weight is 385 g/mol. The van der Waals surface area contributed by atoms with E-state index in [4.69, 9.17) is 4.74 Å². The van der Waals surface area contributed by atoms with E-state index in [9.17, 15) is 9.59 Å². The van der Waals surface area contributed by atoms with E-state index in [2.05, 4.69) is 24.5 Å². The quantitative estimate of drug-likeness (QED) is 0.565. The van der Waals surface area contributed by atoms with Crippen LogP contribution in [0.1, 0.15) is 74.4 Å². The summed E-state index contributed by atoms with van der Waals surface area (Å²) in [5.41, 5.74) is 3.47. The van der Waals surface area contributed by atoms with Gasteiger partial charge in [-0.25, -0.2) is 4.79 Å². The first kappa shape index (κ1) is 19.3. The average Bonchev–Trinajstić information content (AvgIpc) is 3.49. The molecule has 1 aromatic heterocycles. The Morgan fingerprint density at radius 2 is 1.86 bits per heavy atom. The van der Waals surface area contributed by atoms with Crippen LogP contribution in [-0.2, 0) is 14.3 Å². The Morgan fingerprint density at radius 1 is 1.11 bits per heavy atom. The number of hydrogen-bond acceptors (Lipinski definition) is 3. The molecule has 1 amide bonds. The molecule has 1 aromatic rings. The van der Waals surface area contributed by atoms with E-state index >= 15 is 0 Å². The summed E-state index contributed by atoms with van der Waals surface area (Å²) in [6.45, 7) is 4.86. The van der Waals surface area contributed by atoms with Crippen LogP contribution in [-0.4, -0.2) is 40.5 Å². The maximum Gasteiger partial charge on any atom is 0.331 e. The molecule has 28 heavy (non-hydrogen) atoms. The normalized spacial score (nSPS) is 25.0. The largest absolute Gasteiger partial charge is 0.452 e. The highest BCUT2D eigenvalue weighted by Gasteiger charge is 2.35. The predicted molar refractivity (Wildman–Crippen MR) is 109 cm³/mol. The van der Waals surface area contributed by atoms with E-state index in [-0.39, 0.29) is 12.5 Å². The Kier molecular flexibility index (Phi) is 5.61. The third-order valence-electron chi connectivity index (χ3n) is 6.74. The summed E-state index contributed by atoms with van der Waals surface area (Å²) in [4.78, 5) is 26.8. The third-order valence-corrected chi connectivity index (χ3v) is 6.74. The molecule has 5 nitrogen and oxygen atoms in total. The fraction of sp³-hybridized carbons (Fsp3) is 0.652. The van der Waals surface area contributed by atoms with Crippen LogP contribution in [0, 0.1) is 19.8 Å². The Balaban J connectivity index is 1.31. The number of likely N-dealkylation sites (tertiary alicyclic amines) is 1. The van der Waals surface area contributed by atoms with Crippen molar-refractivity contribution in [3.05, 3.63) is 29.1 Å². The van der Waals surface area contributed by atoms with Gasteiger partial charge in [0, 0.05) is 36.1 Å².